The number of nitrogens with zero attached hydrogens (tertiary/aromatic N) is 6. The number of anilines is 2. The van der Waals surface area contributed by atoms with Gasteiger partial charge >= 0.3 is 6.03 Å². The quantitative estimate of drug-likeness (QED) is 0.648. The number of para-hydroxylation sites is 1. The first-order chi connectivity index (χ1) is 16.2. The van der Waals surface area contributed by atoms with E-state index in [9.17, 15) is 10.1 Å². The first-order valence-electron chi connectivity index (χ1n) is 11.3. The van der Waals surface area contributed by atoms with Gasteiger partial charge in [-0.3, -0.25) is 0 Å². The molecule has 9 heteroatoms. The summed E-state index contributed by atoms with van der Waals surface area (Å²) in [6, 6.07) is 12.8. The number of pyridine rings is 1. The molecule has 0 atom stereocenters. The standard InChI is InChI=1S/C24H25N7O2/c25-15-18-7-3-4-8-20(18)27-24(32)31-13-11-30(12-14-31)21-10-9-19(16-26-21)22-28-23(33-29-22)17-5-1-2-6-17/h3-4,7-10,16-17H,1-2,5-6,11-14H2,(H,27,32). The van der Waals surface area contributed by atoms with Gasteiger partial charge in [0.2, 0.25) is 11.7 Å². The number of urea groups is 1. The van der Waals surface area contributed by atoms with E-state index in [2.05, 4.69) is 31.4 Å². The summed E-state index contributed by atoms with van der Waals surface area (Å²) in [6.45, 7) is 2.49. The van der Waals surface area contributed by atoms with Crippen molar-refractivity contribution in [1.29, 1.82) is 5.26 Å². The van der Waals surface area contributed by atoms with Gasteiger partial charge in [-0.1, -0.05) is 30.1 Å². The summed E-state index contributed by atoms with van der Waals surface area (Å²) in [5, 5.41) is 16.2. The second-order valence-corrected chi connectivity index (χ2v) is 8.40. The Morgan fingerprint density at radius 2 is 1.88 bits per heavy atom. The highest BCUT2D eigenvalue weighted by atomic mass is 16.5. The molecule has 1 saturated heterocycles. The van der Waals surface area contributed by atoms with Crippen LogP contribution in [0, 0.1) is 11.3 Å². The van der Waals surface area contributed by atoms with Crippen molar-refractivity contribution >= 4 is 17.5 Å². The Balaban J connectivity index is 1.17. The fourth-order valence-electron chi connectivity index (χ4n) is 4.42. The van der Waals surface area contributed by atoms with Crippen molar-refractivity contribution in [1.82, 2.24) is 20.0 Å². The number of hydrogen-bond donors (Lipinski definition) is 1. The number of hydrogen-bond acceptors (Lipinski definition) is 7. The summed E-state index contributed by atoms with van der Waals surface area (Å²) in [7, 11) is 0. The van der Waals surface area contributed by atoms with E-state index in [1.54, 1.807) is 35.4 Å². The second kappa shape index (κ2) is 9.28. The SMILES string of the molecule is N#Cc1ccccc1NC(=O)N1CCN(c2ccc(-c3noc(C4CCCC4)n3)cn2)CC1. The van der Waals surface area contributed by atoms with E-state index in [1.165, 1.54) is 12.8 Å². The van der Waals surface area contributed by atoms with Gasteiger partial charge in [-0.15, -0.1) is 0 Å². The summed E-state index contributed by atoms with van der Waals surface area (Å²) < 4.78 is 5.48. The van der Waals surface area contributed by atoms with Crippen LogP contribution in [0.3, 0.4) is 0 Å². The molecule has 9 nitrogen and oxygen atoms in total. The van der Waals surface area contributed by atoms with Crippen LogP contribution in [0.5, 0.6) is 0 Å². The highest BCUT2D eigenvalue weighted by molar-refractivity contribution is 5.91. The summed E-state index contributed by atoms with van der Waals surface area (Å²) in [4.78, 5) is 25.7. The van der Waals surface area contributed by atoms with Gasteiger partial charge in [0.05, 0.1) is 11.3 Å². The van der Waals surface area contributed by atoms with E-state index >= 15 is 0 Å². The first kappa shape index (κ1) is 20.9. The third kappa shape index (κ3) is 4.51. The summed E-state index contributed by atoms with van der Waals surface area (Å²) in [6.07, 6.45) is 6.46. The molecule has 1 saturated carbocycles. The lowest BCUT2D eigenvalue weighted by Gasteiger charge is -2.35. The number of amides is 2. The van der Waals surface area contributed by atoms with Crippen LogP contribution in [0.2, 0.25) is 0 Å². The van der Waals surface area contributed by atoms with Crippen molar-refractivity contribution in [3.05, 3.63) is 54.0 Å². The van der Waals surface area contributed by atoms with Gasteiger partial charge in [0, 0.05) is 43.9 Å². The minimum atomic E-state index is -0.198. The minimum Gasteiger partial charge on any atom is -0.353 e. The van der Waals surface area contributed by atoms with Crippen molar-refractivity contribution in [2.24, 2.45) is 0 Å². The Labute approximate surface area is 192 Å². The Hall–Kier alpha value is -3.93. The maximum Gasteiger partial charge on any atom is 0.322 e. The number of aromatic nitrogens is 3. The molecule has 168 valence electrons. The number of piperazine rings is 1. The van der Waals surface area contributed by atoms with Gasteiger partial charge in [0.1, 0.15) is 11.9 Å². The van der Waals surface area contributed by atoms with Crippen LogP contribution in [0.15, 0.2) is 47.1 Å². The molecule has 0 spiro atoms. The second-order valence-electron chi connectivity index (χ2n) is 8.40. The topological polar surface area (TPSA) is 111 Å². The maximum absolute atomic E-state index is 12.6. The molecule has 2 fully saturated rings. The van der Waals surface area contributed by atoms with Crippen LogP contribution in [-0.2, 0) is 0 Å². The van der Waals surface area contributed by atoms with Crippen molar-refractivity contribution in [2.45, 2.75) is 31.6 Å². The first-order valence-corrected chi connectivity index (χ1v) is 11.3. The summed E-state index contributed by atoms with van der Waals surface area (Å²) in [5.74, 6) is 2.56. The third-order valence-electron chi connectivity index (χ3n) is 6.33. The smallest absolute Gasteiger partial charge is 0.322 e. The number of carbonyl (C=O) groups is 1. The van der Waals surface area contributed by atoms with E-state index in [1.807, 2.05) is 12.1 Å². The Kier molecular flexibility index (Phi) is 5.89. The minimum absolute atomic E-state index is 0.198. The summed E-state index contributed by atoms with van der Waals surface area (Å²) >= 11 is 0. The van der Waals surface area contributed by atoms with Crippen LogP contribution in [0.25, 0.3) is 11.4 Å². The van der Waals surface area contributed by atoms with Crippen molar-refractivity contribution in [3.8, 4) is 17.5 Å². The monoisotopic (exact) mass is 443 g/mol. The molecule has 2 aromatic heterocycles. The van der Waals surface area contributed by atoms with Gasteiger partial charge in [0.25, 0.3) is 0 Å². The Morgan fingerprint density at radius 1 is 1.09 bits per heavy atom. The van der Waals surface area contributed by atoms with Crippen LogP contribution in [0.1, 0.15) is 43.1 Å². The largest absolute Gasteiger partial charge is 0.353 e. The lowest BCUT2D eigenvalue weighted by Crippen LogP contribution is -2.50. The molecule has 2 amide bonds. The molecule has 1 aliphatic carbocycles. The highest BCUT2D eigenvalue weighted by Crippen LogP contribution is 2.34. The lowest BCUT2D eigenvalue weighted by molar-refractivity contribution is 0.208. The molecule has 2 aliphatic rings. The van der Waals surface area contributed by atoms with Crippen molar-refractivity contribution < 1.29 is 9.32 Å². The molecule has 33 heavy (non-hydrogen) atoms. The Morgan fingerprint density at radius 3 is 2.61 bits per heavy atom. The average molecular weight is 444 g/mol. The van der Waals surface area contributed by atoms with Crippen LogP contribution < -0.4 is 10.2 Å². The molecule has 3 aromatic rings. The van der Waals surface area contributed by atoms with E-state index in [0.29, 0.717) is 49.2 Å². The van der Waals surface area contributed by atoms with Gasteiger partial charge in [0.15, 0.2) is 0 Å². The molecule has 3 heterocycles. The fraction of sp³-hybridized carbons (Fsp3) is 0.375. The van der Waals surface area contributed by atoms with Crippen LogP contribution in [0.4, 0.5) is 16.3 Å². The van der Waals surface area contributed by atoms with Crippen molar-refractivity contribution in [2.75, 3.05) is 36.4 Å². The van der Waals surface area contributed by atoms with Crippen LogP contribution >= 0.6 is 0 Å². The lowest BCUT2D eigenvalue weighted by atomic mass is 10.1. The zero-order valence-electron chi connectivity index (χ0n) is 18.3. The zero-order valence-corrected chi connectivity index (χ0v) is 18.3. The van der Waals surface area contributed by atoms with Gasteiger partial charge < -0.3 is 19.6 Å². The molecule has 0 bridgehead atoms. The maximum atomic E-state index is 12.6. The fourth-order valence-corrected chi connectivity index (χ4v) is 4.42. The van der Waals surface area contributed by atoms with E-state index < -0.39 is 0 Å². The molecular weight excluding hydrogens is 418 g/mol. The number of nitrogens with one attached hydrogen (secondary N) is 1. The number of rotatable bonds is 4. The molecular formula is C24H25N7O2. The highest BCUT2D eigenvalue weighted by Gasteiger charge is 2.24. The van der Waals surface area contributed by atoms with Gasteiger partial charge in [-0.2, -0.15) is 10.2 Å². The number of benzene rings is 1. The average Bonchev–Trinajstić information content (AvgIpc) is 3.57. The predicted molar refractivity (Wildman–Crippen MR) is 123 cm³/mol. The molecule has 1 N–H and O–H groups in total. The van der Waals surface area contributed by atoms with Gasteiger partial charge in [-0.05, 0) is 37.1 Å². The zero-order chi connectivity index (χ0) is 22.6. The molecule has 0 unspecified atom stereocenters. The third-order valence-corrected chi connectivity index (χ3v) is 6.33. The normalized spacial score (nSPS) is 16.6. The van der Waals surface area contributed by atoms with Crippen LogP contribution in [-0.4, -0.2) is 52.2 Å². The predicted octanol–water partition coefficient (Wildman–Crippen LogP) is 4.01. The number of carbonyl (C=O) groups excluding carboxylic acids is 1. The molecule has 5 rings (SSSR count). The van der Waals surface area contributed by atoms with Crippen molar-refractivity contribution in [3.63, 3.8) is 0 Å². The van der Waals surface area contributed by atoms with E-state index in [4.69, 9.17) is 4.52 Å². The Bertz CT molecular complexity index is 1150. The van der Waals surface area contributed by atoms with Gasteiger partial charge in [-0.25, -0.2) is 9.78 Å². The summed E-state index contributed by atoms with van der Waals surface area (Å²) in [5.41, 5.74) is 1.81. The van der Waals surface area contributed by atoms with E-state index in [0.717, 1.165) is 30.1 Å². The molecule has 1 aromatic carbocycles. The molecule has 1 aliphatic heterocycles. The molecule has 0 radical (unpaired) electrons. The number of nitriles is 1. The van der Waals surface area contributed by atoms with E-state index in [-0.39, 0.29) is 6.03 Å².